The van der Waals surface area contributed by atoms with Crippen molar-refractivity contribution in [3.05, 3.63) is 40.4 Å². The number of carbonyl (C=O) groups excluding carboxylic acids is 1. The number of unbranched alkanes of at least 4 members (excludes halogenated alkanes) is 4. The van der Waals surface area contributed by atoms with E-state index in [0.717, 1.165) is 18.4 Å². The molecule has 0 atom stereocenters. The van der Waals surface area contributed by atoms with Crippen LogP contribution in [0.2, 0.25) is 10.0 Å². The number of anilines is 1. The summed E-state index contributed by atoms with van der Waals surface area (Å²) in [5.74, 6) is 0.0561. The van der Waals surface area contributed by atoms with Crippen molar-refractivity contribution in [1.82, 2.24) is 5.01 Å². The van der Waals surface area contributed by atoms with Gasteiger partial charge in [-0.25, -0.2) is 0 Å². The van der Waals surface area contributed by atoms with E-state index in [9.17, 15) is 4.79 Å². The normalized spacial score (nSPS) is 10.4. The molecule has 0 unspecified atom stereocenters. The Hall–Kier alpha value is -1.19. The third-order valence-electron chi connectivity index (χ3n) is 3.35. The number of hydrogen-bond donors (Lipinski definition) is 1. The van der Waals surface area contributed by atoms with Crippen molar-refractivity contribution in [2.24, 2.45) is 0 Å². The first kappa shape index (κ1) is 19.9. The Labute approximate surface area is 149 Å². The predicted octanol–water partition coefficient (Wildman–Crippen LogP) is 6.09. The summed E-state index contributed by atoms with van der Waals surface area (Å²) in [6, 6.07) is 5.15. The predicted molar refractivity (Wildman–Crippen MR) is 100.0 cm³/mol. The van der Waals surface area contributed by atoms with Crippen molar-refractivity contribution >= 4 is 34.8 Å². The SMILES string of the molecule is C=C(C)CN(Nc1cc(Cl)cc(Cl)c1)C(=O)CCCCCCC. The van der Waals surface area contributed by atoms with Gasteiger partial charge in [0.2, 0.25) is 5.91 Å². The molecule has 1 aromatic carbocycles. The summed E-state index contributed by atoms with van der Waals surface area (Å²) in [5.41, 5.74) is 4.70. The molecule has 0 bridgehead atoms. The molecule has 1 amide bonds. The Kier molecular flexibility index (Phi) is 9.12. The Bertz CT molecular complexity index is 512. The minimum Gasteiger partial charge on any atom is -0.296 e. The second kappa shape index (κ2) is 10.6. The van der Waals surface area contributed by atoms with Crippen LogP contribution >= 0.6 is 23.2 Å². The van der Waals surface area contributed by atoms with Gasteiger partial charge in [-0.15, -0.1) is 0 Å². The fourth-order valence-corrected chi connectivity index (χ4v) is 2.77. The van der Waals surface area contributed by atoms with Crippen molar-refractivity contribution in [2.75, 3.05) is 12.0 Å². The number of rotatable bonds is 10. The summed E-state index contributed by atoms with van der Waals surface area (Å²) < 4.78 is 0. The van der Waals surface area contributed by atoms with E-state index < -0.39 is 0 Å². The van der Waals surface area contributed by atoms with Gasteiger partial charge in [0.25, 0.3) is 0 Å². The van der Waals surface area contributed by atoms with Crippen molar-refractivity contribution in [1.29, 1.82) is 0 Å². The van der Waals surface area contributed by atoms with Gasteiger partial charge in [-0.05, 0) is 31.5 Å². The molecule has 0 radical (unpaired) electrons. The van der Waals surface area contributed by atoms with Crippen LogP contribution in [0.3, 0.4) is 0 Å². The zero-order chi connectivity index (χ0) is 17.2. The lowest BCUT2D eigenvalue weighted by Crippen LogP contribution is -2.37. The van der Waals surface area contributed by atoms with Gasteiger partial charge in [-0.1, -0.05) is 68.0 Å². The largest absolute Gasteiger partial charge is 0.296 e. The van der Waals surface area contributed by atoms with Gasteiger partial charge in [0.1, 0.15) is 0 Å². The quantitative estimate of drug-likeness (QED) is 0.312. The highest BCUT2D eigenvalue weighted by Crippen LogP contribution is 2.23. The van der Waals surface area contributed by atoms with Crippen LogP contribution in [-0.4, -0.2) is 17.5 Å². The number of benzene rings is 1. The first-order valence-electron chi connectivity index (χ1n) is 8.10. The second-order valence-electron chi connectivity index (χ2n) is 5.87. The Balaban J connectivity index is 2.64. The lowest BCUT2D eigenvalue weighted by atomic mass is 10.1. The maximum atomic E-state index is 12.4. The van der Waals surface area contributed by atoms with E-state index in [1.165, 1.54) is 19.3 Å². The number of amides is 1. The van der Waals surface area contributed by atoms with Gasteiger partial charge >= 0.3 is 0 Å². The zero-order valence-electron chi connectivity index (χ0n) is 14.0. The maximum Gasteiger partial charge on any atom is 0.241 e. The summed E-state index contributed by atoms with van der Waals surface area (Å²) in [6.07, 6.45) is 6.13. The molecule has 3 nitrogen and oxygen atoms in total. The fraction of sp³-hybridized carbons (Fsp3) is 0.500. The highest BCUT2D eigenvalue weighted by atomic mass is 35.5. The summed E-state index contributed by atoms with van der Waals surface area (Å²) >= 11 is 12.0. The van der Waals surface area contributed by atoms with Gasteiger partial charge in [0.05, 0.1) is 12.2 Å². The first-order valence-corrected chi connectivity index (χ1v) is 8.85. The van der Waals surface area contributed by atoms with Crippen LogP contribution in [0, 0.1) is 0 Å². The molecule has 0 saturated heterocycles. The van der Waals surface area contributed by atoms with Crippen molar-refractivity contribution in [2.45, 2.75) is 52.4 Å². The Morgan fingerprint density at radius 1 is 1.13 bits per heavy atom. The second-order valence-corrected chi connectivity index (χ2v) is 6.74. The lowest BCUT2D eigenvalue weighted by molar-refractivity contribution is -0.129. The Morgan fingerprint density at radius 2 is 1.74 bits per heavy atom. The molecule has 0 aliphatic rings. The number of nitrogens with one attached hydrogen (secondary N) is 1. The molecule has 0 heterocycles. The fourth-order valence-electron chi connectivity index (χ4n) is 2.25. The Morgan fingerprint density at radius 3 is 2.30 bits per heavy atom. The molecule has 0 fully saturated rings. The smallest absolute Gasteiger partial charge is 0.241 e. The van der Waals surface area contributed by atoms with Crippen LogP contribution in [0.5, 0.6) is 0 Å². The molecule has 23 heavy (non-hydrogen) atoms. The minimum absolute atomic E-state index is 0.0561. The number of hydrogen-bond acceptors (Lipinski definition) is 2. The van der Waals surface area contributed by atoms with E-state index in [4.69, 9.17) is 23.2 Å². The van der Waals surface area contributed by atoms with Crippen LogP contribution in [0.25, 0.3) is 0 Å². The number of nitrogens with zero attached hydrogens (tertiary/aromatic N) is 1. The van der Waals surface area contributed by atoms with Crippen LogP contribution in [-0.2, 0) is 4.79 Å². The van der Waals surface area contributed by atoms with Gasteiger partial charge in [-0.2, -0.15) is 0 Å². The molecule has 0 aromatic heterocycles. The van der Waals surface area contributed by atoms with E-state index in [1.54, 1.807) is 23.2 Å². The van der Waals surface area contributed by atoms with Crippen LogP contribution in [0.1, 0.15) is 52.4 Å². The molecule has 0 spiro atoms. The summed E-state index contributed by atoms with van der Waals surface area (Å²) in [7, 11) is 0. The van der Waals surface area contributed by atoms with E-state index >= 15 is 0 Å². The van der Waals surface area contributed by atoms with Gasteiger partial charge in [0, 0.05) is 16.5 Å². The topological polar surface area (TPSA) is 32.3 Å². The third-order valence-corrected chi connectivity index (χ3v) is 3.79. The van der Waals surface area contributed by atoms with E-state index in [0.29, 0.717) is 28.7 Å². The molecule has 1 aromatic rings. The van der Waals surface area contributed by atoms with Gasteiger partial charge in [0.15, 0.2) is 0 Å². The maximum absolute atomic E-state index is 12.4. The highest BCUT2D eigenvalue weighted by molar-refractivity contribution is 6.35. The molecule has 1 N–H and O–H groups in total. The summed E-state index contributed by atoms with van der Waals surface area (Å²) in [4.78, 5) is 12.4. The monoisotopic (exact) mass is 356 g/mol. The van der Waals surface area contributed by atoms with E-state index in [1.807, 2.05) is 6.92 Å². The van der Waals surface area contributed by atoms with Crippen molar-refractivity contribution in [3.63, 3.8) is 0 Å². The van der Waals surface area contributed by atoms with Crippen LogP contribution in [0.15, 0.2) is 30.4 Å². The molecule has 0 saturated carbocycles. The molecular weight excluding hydrogens is 331 g/mol. The number of hydrazine groups is 1. The van der Waals surface area contributed by atoms with Crippen molar-refractivity contribution < 1.29 is 4.79 Å². The number of halogens is 2. The van der Waals surface area contributed by atoms with E-state index in [-0.39, 0.29) is 5.91 Å². The minimum atomic E-state index is 0.0561. The zero-order valence-corrected chi connectivity index (χ0v) is 15.5. The molecule has 0 aliphatic carbocycles. The first-order chi connectivity index (χ1) is 10.9. The molecule has 5 heteroatoms. The van der Waals surface area contributed by atoms with Gasteiger partial charge < -0.3 is 0 Å². The molecule has 128 valence electrons. The van der Waals surface area contributed by atoms with Crippen LogP contribution in [0.4, 0.5) is 5.69 Å². The number of carbonyl (C=O) groups is 1. The van der Waals surface area contributed by atoms with Crippen LogP contribution < -0.4 is 5.43 Å². The average molecular weight is 357 g/mol. The lowest BCUT2D eigenvalue weighted by Gasteiger charge is -2.25. The summed E-state index contributed by atoms with van der Waals surface area (Å²) in [5, 5.41) is 2.65. The molecule has 0 aliphatic heterocycles. The molecular formula is C18H26Cl2N2O. The average Bonchev–Trinajstić information content (AvgIpc) is 2.44. The van der Waals surface area contributed by atoms with Gasteiger partial charge in [-0.3, -0.25) is 15.2 Å². The standard InChI is InChI=1S/C18H26Cl2N2O/c1-4-5-6-7-8-9-18(23)22(13-14(2)3)21-17-11-15(19)10-16(20)12-17/h10-12,21H,2,4-9,13H2,1,3H3. The molecule has 1 rings (SSSR count). The van der Waals surface area contributed by atoms with Crippen molar-refractivity contribution in [3.8, 4) is 0 Å². The van der Waals surface area contributed by atoms with E-state index in [2.05, 4.69) is 18.9 Å². The highest BCUT2D eigenvalue weighted by Gasteiger charge is 2.14. The summed E-state index contributed by atoms with van der Waals surface area (Å²) in [6.45, 7) is 8.42. The third kappa shape index (κ3) is 8.29.